The summed E-state index contributed by atoms with van der Waals surface area (Å²) in [5.41, 5.74) is 3.64. The lowest BCUT2D eigenvalue weighted by Crippen LogP contribution is -1.83. The monoisotopic (exact) mass is 194 g/mol. The van der Waals surface area contributed by atoms with Crippen molar-refractivity contribution in [3.63, 3.8) is 0 Å². The lowest BCUT2D eigenvalue weighted by Gasteiger charge is -2.02. The highest BCUT2D eigenvalue weighted by Gasteiger charge is 1.98. The van der Waals surface area contributed by atoms with Crippen LogP contribution in [0.1, 0.15) is 0 Å². The van der Waals surface area contributed by atoms with Crippen molar-refractivity contribution in [3.8, 4) is 11.1 Å². The predicted octanol–water partition coefficient (Wildman–Crippen LogP) is 3.00. The van der Waals surface area contributed by atoms with Crippen LogP contribution in [0.4, 0.5) is 0 Å². The minimum Gasteiger partial charge on any atom is -0.324 e. The van der Waals surface area contributed by atoms with E-state index in [2.05, 4.69) is 33.8 Å². The second-order valence-corrected chi connectivity index (χ2v) is 3.49. The molecule has 0 saturated carbocycles. The van der Waals surface area contributed by atoms with Crippen LogP contribution < -0.4 is 0 Å². The average Bonchev–Trinajstić information content (AvgIpc) is 2.77. The van der Waals surface area contributed by atoms with Gasteiger partial charge in [-0.15, -0.1) is 0 Å². The van der Waals surface area contributed by atoms with Gasteiger partial charge >= 0.3 is 0 Å². The molecule has 0 saturated heterocycles. The SMILES string of the molecule is c1cc2cc(-c3ccncc3)ccn2c1. The predicted molar refractivity (Wildman–Crippen MR) is 60.6 cm³/mol. The van der Waals surface area contributed by atoms with Gasteiger partial charge < -0.3 is 4.40 Å². The van der Waals surface area contributed by atoms with E-state index in [0.717, 1.165) is 0 Å². The zero-order valence-electron chi connectivity index (χ0n) is 8.17. The summed E-state index contributed by atoms with van der Waals surface area (Å²) in [6, 6.07) is 12.5. The second-order valence-electron chi connectivity index (χ2n) is 3.49. The van der Waals surface area contributed by atoms with Crippen LogP contribution in [-0.4, -0.2) is 9.38 Å². The molecule has 0 radical (unpaired) electrons. The molecule has 0 aliphatic rings. The van der Waals surface area contributed by atoms with Crippen molar-refractivity contribution < 1.29 is 0 Å². The molecule has 0 N–H and O–H groups in total. The van der Waals surface area contributed by atoms with Gasteiger partial charge in [-0.05, 0) is 47.5 Å². The molecule has 0 unspecified atom stereocenters. The van der Waals surface area contributed by atoms with Crippen molar-refractivity contribution in [2.24, 2.45) is 0 Å². The van der Waals surface area contributed by atoms with Gasteiger partial charge in [0.25, 0.3) is 0 Å². The number of nitrogens with zero attached hydrogens (tertiary/aromatic N) is 2. The third-order valence-corrected chi connectivity index (χ3v) is 2.54. The van der Waals surface area contributed by atoms with Crippen molar-refractivity contribution in [1.29, 1.82) is 0 Å². The van der Waals surface area contributed by atoms with Crippen LogP contribution in [0.15, 0.2) is 61.2 Å². The third kappa shape index (κ3) is 1.40. The van der Waals surface area contributed by atoms with Crippen molar-refractivity contribution in [3.05, 3.63) is 61.2 Å². The molecular weight excluding hydrogens is 184 g/mol. The molecule has 0 aliphatic carbocycles. The summed E-state index contributed by atoms with van der Waals surface area (Å²) in [4.78, 5) is 4.02. The fourth-order valence-electron chi connectivity index (χ4n) is 1.76. The standard InChI is InChI=1S/C13H10N2/c1-2-13-10-12(5-9-15(13)8-1)11-3-6-14-7-4-11/h1-10H. The molecular formula is C13H10N2. The summed E-state index contributed by atoms with van der Waals surface area (Å²) in [6.45, 7) is 0. The van der Waals surface area contributed by atoms with Crippen LogP contribution in [0, 0.1) is 0 Å². The van der Waals surface area contributed by atoms with Gasteiger partial charge in [-0.25, -0.2) is 0 Å². The Morgan fingerprint density at radius 3 is 2.60 bits per heavy atom. The highest BCUT2D eigenvalue weighted by Crippen LogP contribution is 2.19. The van der Waals surface area contributed by atoms with E-state index in [-0.39, 0.29) is 0 Å². The number of pyridine rings is 2. The maximum atomic E-state index is 4.02. The molecule has 0 fully saturated rings. The lowest BCUT2D eigenvalue weighted by atomic mass is 10.1. The first-order valence-corrected chi connectivity index (χ1v) is 4.91. The van der Waals surface area contributed by atoms with Crippen LogP contribution in [0.25, 0.3) is 16.6 Å². The molecule has 3 aromatic heterocycles. The lowest BCUT2D eigenvalue weighted by molar-refractivity contribution is 1.20. The van der Waals surface area contributed by atoms with Gasteiger partial charge in [0.2, 0.25) is 0 Å². The minimum absolute atomic E-state index is 1.20. The normalized spacial score (nSPS) is 10.7. The Morgan fingerprint density at radius 2 is 1.73 bits per heavy atom. The quantitative estimate of drug-likeness (QED) is 0.582. The van der Waals surface area contributed by atoms with Crippen LogP contribution >= 0.6 is 0 Å². The summed E-state index contributed by atoms with van der Waals surface area (Å²) >= 11 is 0. The molecule has 0 aliphatic heterocycles. The maximum Gasteiger partial charge on any atom is 0.0456 e. The van der Waals surface area contributed by atoms with Gasteiger partial charge in [0.15, 0.2) is 0 Å². The number of hydrogen-bond acceptors (Lipinski definition) is 1. The van der Waals surface area contributed by atoms with Crippen molar-refractivity contribution in [1.82, 2.24) is 9.38 Å². The fraction of sp³-hybridized carbons (Fsp3) is 0. The second kappa shape index (κ2) is 3.24. The Bertz CT molecular complexity index is 582. The molecule has 0 bridgehead atoms. The Kier molecular flexibility index (Phi) is 1.78. The summed E-state index contributed by atoms with van der Waals surface area (Å²) in [6.07, 6.45) is 7.76. The Labute approximate surface area is 87.8 Å². The van der Waals surface area contributed by atoms with E-state index in [4.69, 9.17) is 0 Å². The molecule has 3 aromatic rings. The van der Waals surface area contributed by atoms with Gasteiger partial charge in [0.05, 0.1) is 0 Å². The molecule has 72 valence electrons. The van der Waals surface area contributed by atoms with Gasteiger partial charge in [0.1, 0.15) is 0 Å². The zero-order chi connectivity index (χ0) is 10.1. The summed E-state index contributed by atoms with van der Waals surface area (Å²) in [7, 11) is 0. The first-order chi connectivity index (χ1) is 7.43. The molecule has 2 heteroatoms. The van der Waals surface area contributed by atoms with E-state index < -0.39 is 0 Å². The largest absolute Gasteiger partial charge is 0.324 e. The van der Waals surface area contributed by atoms with Gasteiger partial charge in [-0.3, -0.25) is 4.98 Å². The average molecular weight is 194 g/mol. The van der Waals surface area contributed by atoms with E-state index >= 15 is 0 Å². The van der Waals surface area contributed by atoms with Gasteiger partial charge in [-0.2, -0.15) is 0 Å². The van der Waals surface area contributed by atoms with E-state index in [1.54, 1.807) is 0 Å². The molecule has 0 atom stereocenters. The molecule has 3 heterocycles. The third-order valence-electron chi connectivity index (χ3n) is 2.54. The number of fused-ring (bicyclic) bond motifs is 1. The summed E-state index contributed by atoms with van der Waals surface area (Å²) < 4.78 is 2.10. The molecule has 0 aromatic carbocycles. The summed E-state index contributed by atoms with van der Waals surface area (Å²) in [5, 5.41) is 0. The Hall–Kier alpha value is -2.09. The first-order valence-electron chi connectivity index (χ1n) is 4.91. The molecule has 3 rings (SSSR count). The molecule has 0 spiro atoms. The molecule has 15 heavy (non-hydrogen) atoms. The van der Waals surface area contributed by atoms with Crippen LogP contribution in [0.3, 0.4) is 0 Å². The van der Waals surface area contributed by atoms with E-state index in [9.17, 15) is 0 Å². The first kappa shape index (κ1) is 8.24. The van der Waals surface area contributed by atoms with Crippen molar-refractivity contribution in [2.75, 3.05) is 0 Å². The number of hydrogen-bond donors (Lipinski definition) is 0. The van der Waals surface area contributed by atoms with E-state index in [1.165, 1.54) is 16.6 Å². The number of aromatic nitrogens is 2. The molecule has 2 nitrogen and oxygen atoms in total. The van der Waals surface area contributed by atoms with Crippen molar-refractivity contribution >= 4 is 5.52 Å². The van der Waals surface area contributed by atoms with E-state index in [1.807, 2.05) is 36.8 Å². The van der Waals surface area contributed by atoms with Gasteiger partial charge in [0, 0.05) is 30.3 Å². The minimum atomic E-state index is 1.20. The smallest absolute Gasteiger partial charge is 0.0456 e. The molecule has 0 amide bonds. The van der Waals surface area contributed by atoms with Crippen LogP contribution in [-0.2, 0) is 0 Å². The zero-order valence-corrected chi connectivity index (χ0v) is 8.17. The highest BCUT2D eigenvalue weighted by molar-refractivity contribution is 5.68. The number of rotatable bonds is 1. The Morgan fingerprint density at radius 1 is 0.867 bits per heavy atom. The highest BCUT2D eigenvalue weighted by atomic mass is 14.8. The maximum absolute atomic E-state index is 4.02. The topological polar surface area (TPSA) is 17.3 Å². The fourth-order valence-corrected chi connectivity index (χ4v) is 1.76. The van der Waals surface area contributed by atoms with E-state index in [0.29, 0.717) is 0 Å². The summed E-state index contributed by atoms with van der Waals surface area (Å²) in [5.74, 6) is 0. The van der Waals surface area contributed by atoms with Crippen LogP contribution in [0.2, 0.25) is 0 Å². The Balaban J connectivity index is 2.19. The van der Waals surface area contributed by atoms with Crippen LogP contribution in [0.5, 0.6) is 0 Å². The van der Waals surface area contributed by atoms with Crippen molar-refractivity contribution in [2.45, 2.75) is 0 Å². The van der Waals surface area contributed by atoms with Gasteiger partial charge in [-0.1, -0.05) is 0 Å².